The van der Waals surface area contributed by atoms with Crippen LogP contribution in [0.5, 0.6) is 0 Å². The van der Waals surface area contributed by atoms with Gasteiger partial charge < -0.3 is 20.5 Å². The Morgan fingerprint density at radius 3 is 2.67 bits per heavy atom. The summed E-state index contributed by atoms with van der Waals surface area (Å²) < 4.78 is 4.72. The number of amides is 1. The maximum atomic E-state index is 11.5. The molecule has 144 valence electrons. The fourth-order valence-electron chi connectivity index (χ4n) is 3.42. The lowest BCUT2D eigenvalue weighted by Crippen LogP contribution is -2.44. The average molecular weight is 371 g/mol. The summed E-state index contributed by atoms with van der Waals surface area (Å²) in [6.45, 7) is 1.04. The predicted octanol–water partition coefficient (Wildman–Crippen LogP) is 1.76. The van der Waals surface area contributed by atoms with Crippen molar-refractivity contribution in [2.75, 3.05) is 24.6 Å². The van der Waals surface area contributed by atoms with Crippen molar-refractivity contribution in [3.63, 3.8) is 0 Å². The molecular weight excluding hydrogens is 346 g/mol. The van der Waals surface area contributed by atoms with Gasteiger partial charge in [-0.15, -0.1) is 0 Å². The van der Waals surface area contributed by atoms with Crippen molar-refractivity contribution >= 4 is 28.6 Å². The lowest BCUT2D eigenvalue weighted by atomic mass is 9.86. The van der Waals surface area contributed by atoms with Gasteiger partial charge >= 0.3 is 5.97 Å². The lowest BCUT2D eigenvalue weighted by Gasteiger charge is -2.39. The second-order valence-electron chi connectivity index (χ2n) is 7.05. The molecule has 0 radical (unpaired) electrons. The molecule has 0 aliphatic carbocycles. The van der Waals surface area contributed by atoms with Crippen LogP contribution in [-0.4, -0.2) is 47.3 Å². The summed E-state index contributed by atoms with van der Waals surface area (Å²) in [5.41, 5.74) is 5.12. The van der Waals surface area contributed by atoms with E-state index in [0.29, 0.717) is 38.8 Å². The van der Waals surface area contributed by atoms with Gasteiger partial charge in [0.15, 0.2) is 6.61 Å². The van der Waals surface area contributed by atoms with Gasteiger partial charge in [0.25, 0.3) is 5.91 Å². The highest BCUT2D eigenvalue weighted by Gasteiger charge is 2.32. The van der Waals surface area contributed by atoms with Crippen LogP contribution in [0.1, 0.15) is 32.1 Å². The SMILES string of the molecule is NC(=O)COC(=O)CCCC1(O)CCN(c2ccc3ccccc3n2)CC1. The molecule has 7 nitrogen and oxygen atoms in total. The van der Waals surface area contributed by atoms with E-state index in [1.54, 1.807) is 0 Å². The van der Waals surface area contributed by atoms with Crippen LogP contribution in [0.2, 0.25) is 0 Å². The van der Waals surface area contributed by atoms with Crippen LogP contribution >= 0.6 is 0 Å². The van der Waals surface area contributed by atoms with Crippen molar-refractivity contribution < 1.29 is 19.4 Å². The zero-order valence-corrected chi connectivity index (χ0v) is 15.3. The molecule has 1 aliphatic rings. The number of rotatable bonds is 7. The van der Waals surface area contributed by atoms with Gasteiger partial charge in [-0.1, -0.05) is 18.2 Å². The first kappa shape index (κ1) is 19.1. The molecule has 27 heavy (non-hydrogen) atoms. The number of carbonyl (C=O) groups excluding carboxylic acids is 2. The molecule has 1 amide bonds. The minimum absolute atomic E-state index is 0.172. The van der Waals surface area contributed by atoms with Crippen LogP contribution < -0.4 is 10.6 Å². The zero-order valence-electron chi connectivity index (χ0n) is 15.3. The summed E-state index contributed by atoms with van der Waals surface area (Å²) in [4.78, 5) is 29.0. The topological polar surface area (TPSA) is 106 Å². The number of carbonyl (C=O) groups is 2. The Kier molecular flexibility index (Phi) is 5.91. The number of hydrogen-bond acceptors (Lipinski definition) is 6. The highest BCUT2D eigenvalue weighted by molar-refractivity contribution is 5.80. The number of fused-ring (bicyclic) bond motifs is 1. The van der Waals surface area contributed by atoms with Gasteiger partial charge in [0.1, 0.15) is 5.82 Å². The van der Waals surface area contributed by atoms with Gasteiger partial charge in [0.2, 0.25) is 0 Å². The Morgan fingerprint density at radius 2 is 1.93 bits per heavy atom. The molecule has 0 saturated carbocycles. The number of primary amides is 1. The van der Waals surface area contributed by atoms with Gasteiger partial charge in [-0.2, -0.15) is 0 Å². The zero-order chi connectivity index (χ0) is 19.3. The Morgan fingerprint density at radius 1 is 1.19 bits per heavy atom. The highest BCUT2D eigenvalue weighted by Crippen LogP contribution is 2.30. The maximum Gasteiger partial charge on any atom is 0.306 e. The Balaban J connectivity index is 1.48. The van der Waals surface area contributed by atoms with Crippen LogP contribution in [0.15, 0.2) is 36.4 Å². The van der Waals surface area contributed by atoms with Gasteiger partial charge in [0, 0.05) is 24.9 Å². The number of esters is 1. The molecule has 0 unspecified atom stereocenters. The minimum atomic E-state index is -0.780. The smallest absolute Gasteiger partial charge is 0.306 e. The van der Waals surface area contributed by atoms with Crippen molar-refractivity contribution in [3.8, 4) is 0 Å². The third-order valence-corrected chi connectivity index (χ3v) is 5.00. The summed E-state index contributed by atoms with van der Waals surface area (Å²) in [6, 6.07) is 12.1. The lowest BCUT2D eigenvalue weighted by molar-refractivity contribution is -0.148. The summed E-state index contributed by atoms with van der Waals surface area (Å²) in [5, 5.41) is 11.9. The first-order valence-corrected chi connectivity index (χ1v) is 9.22. The molecule has 1 aliphatic heterocycles. The van der Waals surface area contributed by atoms with Crippen LogP contribution in [-0.2, 0) is 14.3 Å². The third kappa shape index (κ3) is 5.17. The molecule has 2 heterocycles. The third-order valence-electron chi connectivity index (χ3n) is 5.00. The number of aromatic nitrogens is 1. The van der Waals surface area contributed by atoms with E-state index in [1.807, 2.05) is 30.3 Å². The van der Waals surface area contributed by atoms with E-state index in [1.165, 1.54) is 0 Å². The second kappa shape index (κ2) is 8.35. The number of nitrogens with two attached hydrogens (primary N) is 1. The molecule has 1 aromatic carbocycles. The summed E-state index contributed by atoms with van der Waals surface area (Å²) in [5.74, 6) is -0.211. The van der Waals surface area contributed by atoms with Crippen molar-refractivity contribution in [1.29, 1.82) is 0 Å². The number of pyridine rings is 1. The molecule has 1 saturated heterocycles. The van der Waals surface area contributed by atoms with Crippen LogP contribution in [0, 0.1) is 0 Å². The first-order chi connectivity index (χ1) is 13.0. The Bertz CT molecular complexity index is 816. The van der Waals surface area contributed by atoms with Gasteiger partial charge in [-0.25, -0.2) is 4.98 Å². The maximum absolute atomic E-state index is 11.5. The van der Waals surface area contributed by atoms with Crippen molar-refractivity contribution in [1.82, 2.24) is 4.98 Å². The van der Waals surface area contributed by atoms with E-state index < -0.39 is 24.1 Å². The standard InChI is InChI=1S/C20H25N3O4/c21-17(24)14-27-19(25)6-3-9-20(26)10-12-23(13-11-20)18-8-7-15-4-1-2-5-16(15)22-18/h1-2,4-5,7-8,26H,3,6,9-14H2,(H2,21,24). The van der Waals surface area contributed by atoms with Crippen molar-refractivity contribution in [2.45, 2.75) is 37.7 Å². The van der Waals surface area contributed by atoms with Crippen molar-refractivity contribution in [2.24, 2.45) is 5.73 Å². The minimum Gasteiger partial charge on any atom is -0.456 e. The number of anilines is 1. The van der Waals surface area contributed by atoms with Gasteiger partial charge in [0.05, 0.1) is 11.1 Å². The number of ether oxygens (including phenoxy) is 1. The highest BCUT2D eigenvalue weighted by atomic mass is 16.5. The van der Waals surface area contributed by atoms with Crippen LogP contribution in [0.25, 0.3) is 10.9 Å². The summed E-state index contributed by atoms with van der Waals surface area (Å²) in [6.07, 6.45) is 2.46. The number of benzene rings is 1. The molecule has 0 atom stereocenters. The molecule has 1 fully saturated rings. The van der Waals surface area contributed by atoms with E-state index in [9.17, 15) is 14.7 Å². The van der Waals surface area contributed by atoms with E-state index in [2.05, 4.69) is 11.0 Å². The molecule has 3 rings (SSSR count). The quantitative estimate of drug-likeness (QED) is 0.719. The summed E-state index contributed by atoms with van der Waals surface area (Å²) >= 11 is 0. The fourth-order valence-corrected chi connectivity index (χ4v) is 3.42. The molecule has 0 spiro atoms. The second-order valence-corrected chi connectivity index (χ2v) is 7.05. The molecule has 2 aromatic rings. The number of aliphatic hydroxyl groups is 1. The monoisotopic (exact) mass is 371 g/mol. The van der Waals surface area contributed by atoms with E-state index in [-0.39, 0.29) is 6.42 Å². The van der Waals surface area contributed by atoms with Gasteiger partial charge in [-0.3, -0.25) is 9.59 Å². The van der Waals surface area contributed by atoms with Gasteiger partial charge in [-0.05, 0) is 43.9 Å². The van der Waals surface area contributed by atoms with E-state index >= 15 is 0 Å². The largest absolute Gasteiger partial charge is 0.456 e. The number of hydrogen-bond donors (Lipinski definition) is 2. The molecule has 3 N–H and O–H groups in total. The normalized spacial score (nSPS) is 16.3. The number of para-hydroxylation sites is 1. The average Bonchev–Trinajstić information content (AvgIpc) is 2.66. The Hall–Kier alpha value is -2.67. The Labute approximate surface area is 158 Å². The van der Waals surface area contributed by atoms with Crippen LogP contribution in [0.3, 0.4) is 0 Å². The molecular formula is C20H25N3O4. The summed E-state index contributed by atoms with van der Waals surface area (Å²) in [7, 11) is 0. The fraction of sp³-hybridized carbons (Fsp3) is 0.450. The van der Waals surface area contributed by atoms with Crippen molar-refractivity contribution in [3.05, 3.63) is 36.4 Å². The first-order valence-electron chi connectivity index (χ1n) is 9.22. The molecule has 0 bridgehead atoms. The molecule has 1 aromatic heterocycles. The van der Waals surface area contributed by atoms with Crippen LogP contribution in [0.4, 0.5) is 5.82 Å². The van der Waals surface area contributed by atoms with E-state index in [4.69, 9.17) is 15.5 Å². The number of piperidine rings is 1. The molecule has 7 heteroatoms. The van der Waals surface area contributed by atoms with E-state index in [0.717, 1.165) is 16.7 Å². The number of nitrogens with zero attached hydrogens (tertiary/aromatic N) is 2. The predicted molar refractivity (Wildman–Crippen MR) is 102 cm³/mol.